The van der Waals surface area contributed by atoms with E-state index in [9.17, 15) is 0 Å². The SMILES string of the molecule is C.C.Cc1cc2c(N[C@@H](C)c3ccc(C4COC4)cc3)nc(N)nc2o1.Cc1cc2c(N[C@@H](C)c3ccc(I)cc3)nc(N)nc2o1.IC1COC1.S.S. The van der Waals surface area contributed by atoms with E-state index in [2.05, 4.69) is 138 Å². The van der Waals surface area contributed by atoms with Gasteiger partial charge in [0.25, 0.3) is 0 Å². The second-order valence-electron chi connectivity index (χ2n) is 12.3. The summed E-state index contributed by atoms with van der Waals surface area (Å²) in [4.78, 5) is 16.9. The third-order valence-corrected chi connectivity index (χ3v) is 9.72. The standard InChI is InChI=1S/C18H20N4O2.C15H15IN4O.C3H5IO.2CH4.2H2S/c1-10-7-15-16(21-18(19)22-17(15)24-10)20-11(2)12-3-5-13(6-4-12)14-8-23-9-14;1-8-7-12-13(19-15(17)20-14(12)21-8)18-9(2)10-3-5-11(16)6-4-10;4-3-1-5-2-3;;;;/h3-7,11,14H,8-9H2,1-2H3,(H3,19,20,21,22);3-7,9H,1-2H3,(H3,17,18,19,20);3H,1-2H2;2*1H4;2*1H2/t11-;9-;;;;;/m00...../s1. The van der Waals surface area contributed by atoms with Gasteiger partial charge in [-0.3, -0.25) is 0 Å². The highest BCUT2D eigenvalue weighted by Crippen LogP contribution is 2.30. The molecule has 2 fully saturated rings. The Hall–Kier alpha value is -3.04. The van der Waals surface area contributed by atoms with E-state index >= 15 is 0 Å². The molecule has 2 aromatic carbocycles. The van der Waals surface area contributed by atoms with Gasteiger partial charge in [0.1, 0.15) is 23.2 Å². The van der Waals surface area contributed by atoms with Crippen LogP contribution >= 0.6 is 72.2 Å². The van der Waals surface area contributed by atoms with E-state index in [-0.39, 0.29) is 65.8 Å². The van der Waals surface area contributed by atoms with Gasteiger partial charge >= 0.3 is 0 Å². The lowest BCUT2D eigenvalue weighted by Gasteiger charge is -2.26. The van der Waals surface area contributed by atoms with E-state index in [1.807, 2.05) is 26.0 Å². The number of nitrogen functional groups attached to an aromatic ring is 2. The van der Waals surface area contributed by atoms with Gasteiger partial charge in [-0.05, 0) is 91.2 Å². The monoisotopic (exact) mass is 1000 g/mol. The Bertz CT molecular complexity index is 2060. The molecule has 0 amide bonds. The van der Waals surface area contributed by atoms with E-state index in [1.165, 1.54) is 20.3 Å². The topological polar surface area (TPSA) is 172 Å². The number of hydrogen-bond donors (Lipinski definition) is 4. The smallest absolute Gasteiger partial charge is 0.233 e. The number of hydrogen-bond acceptors (Lipinski definition) is 12. The Balaban J connectivity index is 0.000000311. The van der Waals surface area contributed by atoms with Crippen molar-refractivity contribution in [2.75, 3.05) is 48.5 Å². The minimum atomic E-state index is 0. The zero-order valence-corrected chi connectivity index (χ0v) is 35.6. The fraction of sp³-hybridized carbons (Fsp3) is 0.368. The number of benzene rings is 2. The van der Waals surface area contributed by atoms with Gasteiger partial charge in [-0.15, -0.1) is 0 Å². The Morgan fingerprint density at radius 3 is 1.41 bits per heavy atom. The molecule has 16 heteroatoms. The van der Waals surface area contributed by atoms with Crippen LogP contribution in [0, 0.1) is 17.4 Å². The van der Waals surface area contributed by atoms with Crippen LogP contribution in [0.25, 0.3) is 22.2 Å². The summed E-state index contributed by atoms with van der Waals surface area (Å²) in [5.74, 6) is 3.90. The molecule has 0 spiro atoms. The largest absolute Gasteiger partial charge is 0.443 e. The molecule has 0 saturated carbocycles. The van der Waals surface area contributed by atoms with Gasteiger partial charge in [0.2, 0.25) is 23.3 Å². The number of fused-ring (bicyclic) bond motifs is 2. The second kappa shape index (κ2) is 21.3. The minimum absolute atomic E-state index is 0. The lowest BCUT2D eigenvalue weighted by molar-refractivity contribution is 0.00841. The molecule has 8 rings (SSSR count). The molecule has 12 nitrogen and oxygen atoms in total. The van der Waals surface area contributed by atoms with Crippen LogP contribution in [0.2, 0.25) is 0 Å². The molecule has 0 unspecified atom stereocenters. The number of ether oxygens (including phenoxy) is 2. The molecule has 2 aliphatic heterocycles. The van der Waals surface area contributed by atoms with E-state index in [0.717, 1.165) is 52.6 Å². The zero-order valence-electron chi connectivity index (χ0n) is 29.2. The predicted octanol–water partition coefficient (Wildman–Crippen LogP) is 9.61. The number of nitrogens with two attached hydrogens (primary N) is 2. The quantitative estimate of drug-likeness (QED) is 0.0883. The van der Waals surface area contributed by atoms with Crippen LogP contribution in [0.15, 0.2) is 69.5 Å². The molecule has 6 N–H and O–H groups in total. The first-order valence-electron chi connectivity index (χ1n) is 16.3. The van der Waals surface area contributed by atoms with Gasteiger partial charge in [0.05, 0.1) is 41.1 Å². The van der Waals surface area contributed by atoms with Gasteiger partial charge in [-0.2, -0.15) is 46.9 Å². The van der Waals surface area contributed by atoms with Crippen molar-refractivity contribution < 1.29 is 18.3 Å². The Kier molecular flexibility index (Phi) is 18.6. The van der Waals surface area contributed by atoms with Crippen LogP contribution in [0.1, 0.15) is 74.9 Å². The lowest BCUT2D eigenvalue weighted by Crippen LogP contribution is -2.26. The Morgan fingerprint density at radius 2 is 1.06 bits per heavy atom. The summed E-state index contributed by atoms with van der Waals surface area (Å²) < 4.78 is 23.2. The number of aryl methyl sites for hydroxylation is 2. The van der Waals surface area contributed by atoms with Crippen LogP contribution in [-0.2, 0) is 9.47 Å². The van der Waals surface area contributed by atoms with Crippen molar-refractivity contribution in [1.29, 1.82) is 0 Å². The molecule has 0 radical (unpaired) electrons. The van der Waals surface area contributed by atoms with Crippen LogP contribution in [-0.4, -0.2) is 50.3 Å². The second-order valence-corrected chi connectivity index (χ2v) is 15.3. The Morgan fingerprint density at radius 1 is 0.667 bits per heavy atom. The first kappa shape index (κ1) is 47.1. The van der Waals surface area contributed by atoms with Crippen molar-refractivity contribution in [3.8, 4) is 0 Å². The number of nitrogens with one attached hydrogen (secondary N) is 2. The number of furan rings is 2. The normalized spacial score (nSPS) is 14.4. The van der Waals surface area contributed by atoms with Gasteiger partial charge < -0.3 is 40.4 Å². The van der Waals surface area contributed by atoms with Crippen LogP contribution in [0.3, 0.4) is 0 Å². The first-order chi connectivity index (χ1) is 24.0. The maximum absolute atomic E-state index is 5.79. The van der Waals surface area contributed by atoms with Crippen molar-refractivity contribution in [1.82, 2.24) is 19.9 Å². The molecule has 2 aliphatic rings. The average molecular weight is 1000 g/mol. The fourth-order valence-electron chi connectivity index (χ4n) is 5.36. The van der Waals surface area contributed by atoms with Gasteiger partial charge in [0.15, 0.2) is 0 Å². The van der Waals surface area contributed by atoms with Crippen LogP contribution in [0.5, 0.6) is 0 Å². The van der Waals surface area contributed by atoms with Crippen molar-refractivity contribution >= 4 is 118 Å². The van der Waals surface area contributed by atoms with Crippen molar-refractivity contribution in [2.24, 2.45) is 0 Å². The predicted molar refractivity (Wildman–Crippen MR) is 248 cm³/mol. The van der Waals surface area contributed by atoms with E-state index in [1.54, 1.807) is 0 Å². The molecule has 0 aliphatic carbocycles. The van der Waals surface area contributed by atoms with Crippen molar-refractivity contribution in [2.45, 2.75) is 64.5 Å². The van der Waals surface area contributed by atoms with Crippen LogP contribution < -0.4 is 22.1 Å². The molecular formula is C38H52I2N8O4S2. The van der Waals surface area contributed by atoms with Gasteiger partial charge in [-0.25, -0.2) is 0 Å². The minimum Gasteiger partial charge on any atom is -0.443 e. The van der Waals surface area contributed by atoms with Crippen LogP contribution in [0.4, 0.5) is 23.5 Å². The molecule has 4 aromatic heterocycles. The van der Waals surface area contributed by atoms with Gasteiger partial charge in [-0.1, -0.05) is 73.8 Å². The molecule has 2 saturated heterocycles. The molecule has 54 heavy (non-hydrogen) atoms. The summed E-state index contributed by atoms with van der Waals surface area (Å²) in [7, 11) is 0. The molecule has 6 aromatic rings. The van der Waals surface area contributed by atoms with E-state index in [4.69, 9.17) is 29.8 Å². The number of anilines is 4. The number of aromatic nitrogens is 4. The summed E-state index contributed by atoms with van der Waals surface area (Å²) >= 11 is 4.66. The first-order valence-corrected chi connectivity index (χ1v) is 18.6. The molecule has 6 heterocycles. The highest BCUT2D eigenvalue weighted by atomic mass is 127. The highest BCUT2D eigenvalue weighted by Gasteiger charge is 2.21. The molecule has 2 atom stereocenters. The highest BCUT2D eigenvalue weighted by molar-refractivity contribution is 14.1. The summed E-state index contributed by atoms with van der Waals surface area (Å²) in [5, 5.41) is 8.49. The molecule has 0 bridgehead atoms. The van der Waals surface area contributed by atoms with E-state index in [0.29, 0.717) is 29.0 Å². The Labute approximate surface area is 358 Å². The van der Waals surface area contributed by atoms with Crippen molar-refractivity contribution in [3.63, 3.8) is 0 Å². The maximum atomic E-state index is 5.79. The summed E-state index contributed by atoms with van der Waals surface area (Å²) in [6, 6.07) is 21.0. The zero-order chi connectivity index (χ0) is 35.4. The summed E-state index contributed by atoms with van der Waals surface area (Å²) in [6.45, 7) is 11.5. The fourth-order valence-corrected chi connectivity index (χ4v) is 6.23. The molecular weight excluding hydrogens is 950 g/mol. The summed E-state index contributed by atoms with van der Waals surface area (Å²) in [5.41, 5.74) is 16.3. The third-order valence-electron chi connectivity index (χ3n) is 8.29. The average Bonchev–Trinajstić information content (AvgIpc) is 3.61. The number of alkyl halides is 1. The number of rotatable bonds is 7. The lowest BCUT2D eigenvalue weighted by atomic mass is 9.95. The maximum Gasteiger partial charge on any atom is 0.233 e. The third kappa shape index (κ3) is 12.0. The summed E-state index contributed by atoms with van der Waals surface area (Å²) in [6.07, 6.45) is 0. The number of nitrogens with zero attached hydrogens (tertiary/aromatic N) is 4. The molecule has 294 valence electrons. The van der Waals surface area contributed by atoms with Gasteiger partial charge in [0, 0.05) is 21.6 Å². The van der Waals surface area contributed by atoms with Crippen molar-refractivity contribution in [3.05, 3.63) is 92.4 Å². The number of halogens is 2. The van der Waals surface area contributed by atoms with E-state index < -0.39 is 0 Å².